The molecule has 7 heteroatoms. The molecule has 144 valence electrons. The van der Waals surface area contributed by atoms with Gasteiger partial charge in [-0.1, -0.05) is 24.3 Å². The number of benzene rings is 3. The molecule has 5 nitrogen and oxygen atoms in total. The molecule has 0 bridgehead atoms. The van der Waals surface area contributed by atoms with Crippen molar-refractivity contribution in [2.24, 2.45) is 0 Å². The Morgan fingerprint density at radius 1 is 0.893 bits per heavy atom. The Balaban J connectivity index is 1.85. The quantitative estimate of drug-likeness (QED) is 0.665. The molecule has 2 N–H and O–H groups in total. The maximum absolute atomic E-state index is 13.0. The lowest BCUT2D eigenvalue weighted by molar-refractivity contribution is 0.102. The van der Waals surface area contributed by atoms with E-state index in [0.717, 1.165) is 23.3 Å². The predicted molar refractivity (Wildman–Crippen MR) is 108 cm³/mol. The van der Waals surface area contributed by atoms with E-state index in [1.54, 1.807) is 6.07 Å². The summed E-state index contributed by atoms with van der Waals surface area (Å²) >= 11 is 0. The Bertz CT molecular complexity index is 1110. The largest absolute Gasteiger partial charge is 0.322 e. The van der Waals surface area contributed by atoms with Crippen molar-refractivity contribution in [3.05, 3.63) is 89.2 Å². The summed E-state index contributed by atoms with van der Waals surface area (Å²) in [5, 5.41) is 2.83. The first-order valence-corrected chi connectivity index (χ1v) is 10.0. The average Bonchev–Trinajstić information content (AvgIpc) is 2.66. The zero-order valence-electron chi connectivity index (χ0n) is 15.4. The van der Waals surface area contributed by atoms with Crippen molar-refractivity contribution in [1.29, 1.82) is 0 Å². The molecule has 28 heavy (non-hydrogen) atoms. The van der Waals surface area contributed by atoms with Gasteiger partial charge in [0.15, 0.2) is 0 Å². The highest BCUT2D eigenvalue weighted by Crippen LogP contribution is 2.22. The van der Waals surface area contributed by atoms with E-state index < -0.39 is 21.7 Å². The topological polar surface area (TPSA) is 75.3 Å². The van der Waals surface area contributed by atoms with Crippen LogP contribution < -0.4 is 10.0 Å². The number of hydrogen-bond donors (Lipinski definition) is 2. The van der Waals surface area contributed by atoms with E-state index in [0.29, 0.717) is 5.69 Å². The smallest absolute Gasteiger partial charge is 0.261 e. The Kier molecular flexibility index (Phi) is 5.46. The number of anilines is 2. The highest BCUT2D eigenvalue weighted by atomic mass is 32.2. The molecule has 3 aromatic rings. The van der Waals surface area contributed by atoms with E-state index in [4.69, 9.17) is 0 Å². The second-order valence-electron chi connectivity index (χ2n) is 6.36. The molecule has 0 saturated heterocycles. The summed E-state index contributed by atoms with van der Waals surface area (Å²) in [4.78, 5) is 12.6. The van der Waals surface area contributed by atoms with Crippen LogP contribution in [0.25, 0.3) is 0 Å². The van der Waals surface area contributed by atoms with Crippen molar-refractivity contribution in [2.75, 3.05) is 10.0 Å². The fourth-order valence-electron chi connectivity index (χ4n) is 2.73. The standard InChI is InChI=1S/C21H19FN2O3S/c1-14-5-3-6-15(2)20(14)23-21(25)16-7-4-8-19(13-16)28(26,27)24-18-11-9-17(22)10-12-18/h3-13,24H,1-2H3,(H,23,25). The molecule has 0 radical (unpaired) electrons. The van der Waals surface area contributed by atoms with Crippen LogP contribution in [0, 0.1) is 19.7 Å². The molecule has 0 saturated carbocycles. The molecule has 3 rings (SSSR count). The zero-order valence-corrected chi connectivity index (χ0v) is 16.2. The average molecular weight is 398 g/mol. The van der Waals surface area contributed by atoms with Crippen LogP contribution in [0.1, 0.15) is 21.5 Å². The van der Waals surface area contributed by atoms with Crippen LogP contribution in [0.5, 0.6) is 0 Å². The van der Waals surface area contributed by atoms with Gasteiger partial charge in [0, 0.05) is 16.9 Å². The maximum atomic E-state index is 13.0. The van der Waals surface area contributed by atoms with Crippen LogP contribution in [-0.4, -0.2) is 14.3 Å². The second kappa shape index (κ2) is 7.82. The third kappa shape index (κ3) is 4.37. The summed E-state index contributed by atoms with van der Waals surface area (Å²) in [6, 6.07) is 16.4. The highest BCUT2D eigenvalue weighted by molar-refractivity contribution is 7.92. The van der Waals surface area contributed by atoms with Crippen LogP contribution in [0.2, 0.25) is 0 Å². The molecule has 0 aliphatic carbocycles. The first kappa shape index (κ1) is 19.6. The van der Waals surface area contributed by atoms with Gasteiger partial charge >= 0.3 is 0 Å². The van der Waals surface area contributed by atoms with Crippen molar-refractivity contribution in [1.82, 2.24) is 0 Å². The van der Waals surface area contributed by atoms with Gasteiger partial charge in [-0.2, -0.15) is 0 Å². The SMILES string of the molecule is Cc1cccc(C)c1NC(=O)c1cccc(S(=O)(=O)Nc2ccc(F)cc2)c1. The minimum atomic E-state index is -3.92. The molecule has 0 unspecified atom stereocenters. The summed E-state index contributed by atoms with van der Waals surface area (Å²) in [7, 11) is -3.92. The first-order valence-electron chi connectivity index (χ1n) is 8.52. The van der Waals surface area contributed by atoms with Gasteiger partial charge in [-0.15, -0.1) is 0 Å². The number of nitrogens with one attached hydrogen (secondary N) is 2. The fraction of sp³-hybridized carbons (Fsp3) is 0.0952. The van der Waals surface area contributed by atoms with Gasteiger partial charge in [-0.25, -0.2) is 12.8 Å². The Labute approximate surface area is 163 Å². The zero-order chi connectivity index (χ0) is 20.3. The third-order valence-electron chi connectivity index (χ3n) is 4.22. The molecule has 1 amide bonds. The van der Waals surface area contributed by atoms with Gasteiger partial charge in [0.2, 0.25) is 0 Å². The van der Waals surface area contributed by atoms with Crippen LogP contribution in [0.3, 0.4) is 0 Å². The number of carbonyl (C=O) groups is 1. The minimum absolute atomic E-state index is 0.0639. The molecule has 0 aliphatic rings. The monoisotopic (exact) mass is 398 g/mol. The van der Waals surface area contributed by atoms with Gasteiger partial charge in [-0.3, -0.25) is 9.52 Å². The van der Waals surface area contributed by atoms with Crippen LogP contribution in [0.15, 0.2) is 71.6 Å². The summed E-state index contributed by atoms with van der Waals surface area (Å²) in [5.74, 6) is -0.871. The molecule has 0 spiro atoms. The maximum Gasteiger partial charge on any atom is 0.261 e. The number of carbonyl (C=O) groups excluding carboxylic acids is 1. The van der Waals surface area contributed by atoms with Crippen molar-refractivity contribution < 1.29 is 17.6 Å². The van der Waals surface area contributed by atoms with Crippen molar-refractivity contribution >= 4 is 27.3 Å². The van der Waals surface area contributed by atoms with E-state index in [-0.39, 0.29) is 16.1 Å². The van der Waals surface area contributed by atoms with E-state index >= 15 is 0 Å². The molecule has 0 heterocycles. The fourth-order valence-corrected chi connectivity index (χ4v) is 3.84. The van der Waals surface area contributed by atoms with Crippen LogP contribution in [0.4, 0.5) is 15.8 Å². The number of aryl methyl sites for hydroxylation is 2. The van der Waals surface area contributed by atoms with Crippen molar-refractivity contribution in [2.45, 2.75) is 18.7 Å². The summed E-state index contributed by atoms with van der Waals surface area (Å²) in [6.45, 7) is 3.77. The van der Waals surface area contributed by atoms with Gasteiger partial charge < -0.3 is 5.32 Å². The number of halogens is 1. The second-order valence-corrected chi connectivity index (χ2v) is 8.04. The molecule has 0 aromatic heterocycles. The van der Waals surface area contributed by atoms with Gasteiger partial charge in [0.1, 0.15) is 5.82 Å². The number of rotatable bonds is 5. The first-order chi connectivity index (χ1) is 13.3. The van der Waals surface area contributed by atoms with Crippen LogP contribution in [-0.2, 0) is 10.0 Å². The number of sulfonamides is 1. The predicted octanol–water partition coefficient (Wildman–Crippen LogP) is 4.50. The van der Waals surface area contributed by atoms with Crippen LogP contribution >= 0.6 is 0 Å². The lowest BCUT2D eigenvalue weighted by Crippen LogP contribution is -2.16. The lowest BCUT2D eigenvalue weighted by Gasteiger charge is -2.12. The van der Waals surface area contributed by atoms with E-state index in [1.165, 1.54) is 30.3 Å². The van der Waals surface area contributed by atoms with Gasteiger partial charge in [0.25, 0.3) is 15.9 Å². The normalized spacial score (nSPS) is 11.1. The van der Waals surface area contributed by atoms with Crippen molar-refractivity contribution in [3.8, 4) is 0 Å². The summed E-state index contributed by atoms with van der Waals surface area (Å²) in [5.41, 5.74) is 2.96. The van der Waals surface area contributed by atoms with E-state index in [9.17, 15) is 17.6 Å². The molecule has 3 aromatic carbocycles. The Hall–Kier alpha value is -3.19. The number of hydrogen-bond acceptors (Lipinski definition) is 3. The summed E-state index contributed by atoms with van der Waals surface area (Å²) < 4.78 is 40.6. The molecular weight excluding hydrogens is 379 g/mol. The Morgan fingerprint density at radius 3 is 2.14 bits per heavy atom. The van der Waals surface area contributed by atoms with E-state index in [2.05, 4.69) is 10.0 Å². The lowest BCUT2D eigenvalue weighted by atomic mass is 10.1. The molecule has 0 fully saturated rings. The number of para-hydroxylation sites is 1. The van der Waals surface area contributed by atoms with Gasteiger partial charge in [-0.05, 0) is 67.4 Å². The number of amides is 1. The van der Waals surface area contributed by atoms with E-state index in [1.807, 2.05) is 32.0 Å². The highest BCUT2D eigenvalue weighted by Gasteiger charge is 2.17. The Morgan fingerprint density at radius 2 is 1.50 bits per heavy atom. The molecular formula is C21H19FN2O3S. The molecule has 0 atom stereocenters. The van der Waals surface area contributed by atoms with Crippen molar-refractivity contribution in [3.63, 3.8) is 0 Å². The third-order valence-corrected chi connectivity index (χ3v) is 5.60. The molecule has 0 aliphatic heterocycles. The van der Waals surface area contributed by atoms with Gasteiger partial charge in [0.05, 0.1) is 4.90 Å². The minimum Gasteiger partial charge on any atom is -0.322 e. The summed E-state index contributed by atoms with van der Waals surface area (Å²) in [6.07, 6.45) is 0.